The SMILES string of the molecule is C[C@@H](C(=O)NC1CCCCC1)N(Cc1ccccc1)C(=O)CSCc1ccccc1F. The highest BCUT2D eigenvalue weighted by molar-refractivity contribution is 7.99. The number of nitrogens with one attached hydrogen (secondary N) is 1. The lowest BCUT2D eigenvalue weighted by Crippen LogP contribution is -2.50. The Morgan fingerprint density at radius 1 is 1.06 bits per heavy atom. The second-order valence-corrected chi connectivity index (χ2v) is 9.10. The van der Waals surface area contributed by atoms with E-state index in [1.54, 1.807) is 30.0 Å². The molecule has 1 saturated carbocycles. The first-order valence-electron chi connectivity index (χ1n) is 11.0. The topological polar surface area (TPSA) is 49.4 Å². The van der Waals surface area contributed by atoms with Crippen LogP contribution < -0.4 is 5.32 Å². The predicted octanol–water partition coefficient (Wildman–Crippen LogP) is 4.93. The molecule has 4 nitrogen and oxygen atoms in total. The third-order valence-corrected chi connectivity index (χ3v) is 6.72. The van der Waals surface area contributed by atoms with Crippen LogP contribution in [0.5, 0.6) is 0 Å². The molecule has 0 saturated heterocycles. The zero-order valence-electron chi connectivity index (χ0n) is 18.1. The smallest absolute Gasteiger partial charge is 0.242 e. The maximum Gasteiger partial charge on any atom is 0.242 e. The van der Waals surface area contributed by atoms with Crippen LogP contribution in [-0.2, 0) is 21.9 Å². The van der Waals surface area contributed by atoms with E-state index >= 15 is 0 Å². The summed E-state index contributed by atoms with van der Waals surface area (Å²) in [7, 11) is 0. The van der Waals surface area contributed by atoms with Crippen molar-refractivity contribution < 1.29 is 14.0 Å². The second-order valence-electron chi connectivity index (χ2n) is 8.11. The largest absolute Gasteiger partial charge is 0.352 e. The van der Waals surface area contributed by atoms with Gasteiger partial charge in [0.2, 0.25) is 11.8 Å². The van der Waals surface area contributed by atoms with Crippen LogP contribution in [0.3, 0.4) is 0 Å². The Balaban J connectivity index is 1.63. The molecule has 2 amide bonds. The van der Waals surface area contributed by atoms with E-state index in [4.69, 9.17) is 0 Å². The molecule has 1 aliphatic carbocycles. The molecule has 1 fully saturated rings. The summed E-state index contributed by atoms with van der Waals surface area (Å²) >= 11 is 1.37. The van der Waals surface area contributed by atoms with Crippen molar-refractivity contribution in [2.45, 2.75) is 63.4 Å². The first-order chi connectivity index (χ1) is 15.0. The molecule has 0 radical (unpaired) electrons. The van der Waals surface area contributed by atoms with Gasteiger partial charge in [-0.25, -0.2) is 4.39 Å². The Bertz CT molecular complexity index is 856. The molecule has 0 unspecified atom stereocenters. The van der Waals surface area contributed by atoms with Crippen LogP contribution in [0.1, 0.15) is 50.2 Å². The maximum atomic E-state index is 13.9. The third-order valence-electron chi connectivity index (χ3n) is 5.76. The van der Waals surface area contributed by atoms with E-state index < -0.39 is 6.04 Å². The number of thioether (sulfide) groups is 1. The zero-order valence-corrected chi connectivity index (χ0v) is 18.9. The summed E-state index contributed by atoms with van der Waals surface area (Å²) in [6.07, 6.45) is 5.50. The number of rotatable bonds is 9. The summed E-state index contributed by atoms with van der Waals surface area (Å²) in [5.74, 6) is 0.137. The van der Waals surface area contributed by atoms with Gasteiger partial charge in [-0.15, -0.1) is 11.8 Å². The molecule has 0 bridgehead atoms. The summed E-state index contributed by atoms with van der Waals surface area (Å²) in [5, 5.41) is 3.14. The van der Waals surface area contributed by atoms with E-state index in [2.05, 4.69) is 5.32 Å². The molecule has 3 rings (SSSR count). The molecule has 1 atom stereocenters. The van der Waals surface area contributed by atoms with Crippen molar-refractivity contribution in [1.29, 1.82) is 0 Å². The van der Waals surface area contributed by atoms with Gasteiger partial charge in [0.05, 0.1) is 5.75 Å². The van der Waals surface area contributed by atoms with Crippen LogP contribution in [-0.4, -0.2) is 34.6 Å². The summed E-state index contributed by atoms with van der Waals surface area (Å²) in [6, 6.07) is 15.9. The number of carbonyl (C=O) groups excluding carboxylic acids is 2. The lowest BCUT2D eigenvalue weighted by Gasteiger charge is -2.31. The molecule has 1 N–H and O–H groups in total. The maximum absolute atomic E-state index is 13.9. The molecular weight excluding hydrogens is 411 g/mol. The Labute approximate surface area is 188 Å². The van der Waals surface area contributed by atoms with Gasteiger partial charge in [-0.2, -0.15) is 0 Å². The second kappa shape index (κ2) is 11.9. The normalized spacial score (nSPS) is 15.3. The molecule has 0 aromatic heterocycles. The molecule has 31 heavy (non-hydrogen) atoms. The molecule has 2 aromatic rings. The number of nitrogens with zero attached hydrogens (tertiary/aromatic N) is 1. The predicted molar refractivity (Wildman–Crippen MR) is 124 cm³/mol. The standard InChI is InChI=1S/C25H31FN2O2S/c1-19(25(30)27-22-13-6-3-7-14-22)28(16-20-10-4-2-5-11-20)24(29)18-31-17-21-12-8-9-15-23(21)26/h2,4-5,8-12,15,19,22H,3,6-7,13-14,16-18H2,1H3,(H,27,30)/t19-/m0/s1. The van der Waals surface area contributed by atoms with Crippen molar-refractivity contribution in [3.63, 3.8) is 0 Å². The highest BCUT2D eigenvalue weighted by Gasteiger charge is 2.28. The Hall–Kier alpha value is -2.34. The number of carbonyl (C=O) groups is 2. The average molecular weight is 443 g/mol. The van der Waals surface area contributed by atoms with Gasteiger partial charge in [-0.3, -0.25) is 9.59 Å². The molecule has 2 aromatic carbocycles. The molecule has 6 heteroatoms. The first kappa shape index (κ1) is 23.3. The number of amides is 2. The molecule has 166 valence electrons. The van der Waals surface area contributed by atoms with E-state index in [0.717, 1.165) is 31.2 Å². The van der Waals surface area contributed by atoms with Crippen molar-refractivity contribution in [2.24, 2.45) is 0 Å². The molecule has 1 aliphatic rings. The lowest BCUT2D eigenvalue weighted by atomic mass is 9.95. The third kappa shape index (κ3) is 7.10. The van der Waals surface area contributed by atoms with Crippen LogP contribution in [0.4, 0.5) is 4.39 Å². The van der Waals surface area contributed by atoms with Gasteiger partial charge >= 0.3 is 0 Å². The van der Waals surface area contributed by atoms with Crippen LogP contribution in [0, 0.1) is 5.82 Å². The zero-order chi connectivity index (χ0) is 22.1. The minimum absolute atomic E-state index is 0.102. The fourth-order valence-corrected chi connectivity index (χ4v) is 4.77. The average Bonchev–Trinajstić information content (AvgIpc) is 2.79. The minimum Gasteiger partial charge on any atom is -0.352 e. The van der Waals surface area contributed by atoms with Gasteiger partial charge in [0.15, 0.2) is 0 Å². The fraction of sp³-hybridized carbons (Fsp3) is 0.440. The van der Waals surface area contributed by atoms with E-state index in [1.165, 1.54) is 24.2 Å². The minimum atomic E-state index is -0.566. The van der Waals surface area contributed by atoms with E-state index in [0.29, 0.717) is 17.9 Å². The Morgan fingerprint density at radius 3 is 2.45 bits per heavy atom. The van der Waals surface area contributed by atoms with Gasteiger partial charge in [-0.05, 0) is 37.0 Å². The van der Waals surface area contributed by atoms with Crippen LogP contribution in [0.2, 0.25) is 0 Å². The number of benzene rings is 2. The van der Waals surface area contributed by atoms with Gasteiger partial charge < -0.3 is 10.2 Å². The number of hydrogen-bond acceptors (Lipinski definition) is 3. The van der Waals surface area contributed by atoms with Gasteiger partial charge in [0.25, 0.3) is 0 Å². The molecular formula is C25H31FN2O2S. The van der Waals surface area contributed by atoms with Crippen LogP contribution >= 0.6 is 11.8 Å². The van der Waals surface area contributed by atoms with E-state index in [9.17, 15) is 14.0 Å². The van der Waals surface area contributed by atoms with Crippen molar-refractivity contribution >= 4 is 23.6 Å². The summed E-state index contributed by atoms with van der Waals surface area (Å²) < 4.78 is 13.9. The summed E-state index contributed by atoms with van der Waals surface area (Å²) in [5.41, 5.74) is 1.56. The first-order valence-corrected chi connectivity index (χ1v) is 12.1. The molecule has 0 heterocycles. The summed E-state index contributed by atoms with van der Waals surface area (Å²) in [6.45, 7) is 2.17. The lowest BCUT2D eigenvalue weighted by molar-refractivity contribution is -0.139. The quantitative estimate of drug-likeness (QED) is 0.599. The monoisotopic (exact) mass is 442 g/mol. The van der Waals surface area contributed by atoms with Gasteiger partial charge in [-0.1, -0.05) is 67.8 Å². The fourth-order valence-electron chi connectivity index (χ4n) is 3.88. The van der Waals surface area contributed by atoms with Crippen molar-refractivity contribution in [2.75, 3.05) is 5.75 Å². The van der Waals surface area contributed by atoms with Crippen molar-refractivity contribution in [1.82, 2.24) is 10.2 Å². The van der Waals surface area contributed by atoms with Crippen molar-refractivity contribution in [3.05, 3.63) is 71.5 Å². The highest BCUT2D eigenvalue weighted by atomic mass is 32.2. The number of hydrogen-bond donors (Lipinski definition) is 1. The highest BCUT2D eigenvalue weighted by Crippen LogP contribution is 2.20. The van der Waals surface area contributed by atoms with E-state index in [1.807, 2.05) is 30.3 Å². The Morgan fingerprint density at radius 2 is 1.74 bits per heavy atom. The Kier molecular flexibility index (Phi) is 8.95. The van der Waals surface area contributed by atoms with E-state index in [-0.39, 0.29) is 29.4 Å². The van der Waals surface area contributed by atoms with Gasteiger partial charge in [0.1, 0.15) is 11.9 Å². The van der Waals surface area contributed by atoms with Gasteiger partial charge in [0, 0.05) is 18.3 Å². The van der Waals surface area contributed by atoms with Crippen LogP contribution in [0.25, 0.3) is 0 Å². The summed E-state index contributed by atoms with van der Waals surface area (Å²) in [4.78, 5) is 27.7. The number of halogens is 1. The molecule has 0 spiro atoms. The van der Waals surface area contributed by atoms with Crippen LogP contribution in [0.15, 0.2) is 54.6 Å². The molecule has 0 aliphatic heterocycles. The van der Waals surface area contributed by atoms with Crippen molar-refractivity contribution in [3.8, 4) is 0 Å².